The number of carboxylic acids is 1. The predicted molar refractivity (Wildman–Crippen MR) is 64.9 cm³/mol. The molecule has 19 heavy (non-hydrogen) atoms. The number of carbonyl (C=O) groups is 1. The van der Waals surface area contributed by atoms with E-state index >= 15 is 0 Å². The van der Waals surface area contributed by atoms with E-state index in [9.17, 15) is 13.6 Å². The van der Waals surface area contributed by atoms with Gasteiger partial charge >= 0.3 is 5.97 Å². The highest BCUT2D eigenvalue weighted by molar-refractivity contribution is 5.87. The van der Waals surface area contributed by atoms with E-state index in [0.717, 1.165) is 12.1 Å². The molecule has 0 bridgehead atoms. The number of hydrogen-bond acceptors (Lipinski definition) is 3. The van der Waals surface area contributed by atoms with Crippen LogP contribution in [0.25, 0.3) is 0 Å². The van der Waals surface area contributed by atoms with E-state index in [1.54, 1.807) is 0 Å². The van der Waals surface area contributed by atoms with Gasteiger partial charge in [0.2, 0.25) is 0 Å². The summed E-state index contributed by atoms with van der Waals surface area (Å²) in [6.07, 6.45) is 1.22. The van der Waals surface area contributed by atoms with Gasteiger partial charge in [-0.25, -0.2) is 13.6 Å². The average Bonchev–Trinajstić information content (AvgIpc) is 2.38. The highest BCUT2D eigenvalue weighted by atomic mass is 19.1. The lowest BCUT2D eigenvalue weighted by molar-refractivity contribution is 0.0696. The lowest BCUT2D eigenvalue weighted by atomic mass is 10.2. The van der Waals surface area contributed by atoms with Gasteiger partial charge in [0.15, 0.2) is 0 Å². The van der Waals surface area contributed by atoms with E-state index in [4.69, 9.17) is 5.11 Å². The predicted octanol–water partition coefficient (Wildman–Crippen LogP) is 2.67. The maximum atomic E-state index is 13.3. The van der Waals surface area contributed by atoms with Crippen LogP contribution in [-0.4, -0.2) is 16.1 Å². The van der Waals surface area contributed by atoms with Gasteiger partial charge in [-0.1, -0.05) is 0 Å². The molecule has 0 atom stereocenters. The van der Waals surface area contributed by atoms with E-state index in [2.05, 4.69) is 10.3 Å². The lowest BCUT2D eigenvalue weighted by Gasteiger charge is -2.07. The number of halogens is 2. The summed E-state index contributed by atoms with van der Waals surface area (Å²) in [5.74, 6) is -2.40. The minimum atomic E-state index is -1.06. The standard InChI is InChI=1S/C13H10F2N2O2/c14-9-2-4-12(11(15)5-9)17-7-10-3-1-8(6-16-10)13(18)19/h1-6,17H,7H2,(H,18,19). The Balaban J connectivity index is 2.04. The second-order valence-electron chi connectivity index (χ2n) is 3.82. The molecule has 0 saturated carbocycles. The van der Waals surface area contributed by atoms with Crippen molar-refractivity contribution in [3.8, 4) is 0 Å². The highest BCUT2D eigenvalue weighted by Crippen LogP contribution is 2.15. The molecule has 1 heterocycles. The summed E-state index contributed by atoms with van der Waals surface area (Å²) in [6, 6.07) is 6.15. The molecule has 0 unspecified atom stereocenters. The molecule has 2 N–H and O–H groups in total. The molecule has 1 aromatic carbocycles. The SMILES string of the molecule is O=C(O)c1ccc(CNc2ccc(F)cc2F)nc1. The Hall–Kier alpha value is -2.50. The number of pyridine rings is 1. The molecule has 0 spiro atoms. The molecule has 1 aromatic heterocycles. The van der Waals surface area contributed by atoms with E-state index in [1.807, 2.05) is 0 Å². The molecule has 98 valence electrons. The molecule has 0 amide bonds. The third kappa shape index (κ3) is 3.25. The van der Waals surface area contributed by atoms with Gasteiger partial charge in [0.1, 0.15) is 11.6 Å². The molecular weight excluding hydrogens is 254 g/mol. The van der Waals surface area contributed by atoms with E-state index in [-0.39, 0.29) is 17.8 Å². The van der Waals surface area contributed by atoms with Crippen molar-refractivity contribution in [1.82, 2.24) is 4.98 Å². The summed E-state index contributed by atoms with van der Waals surface area (Å²) in [5.41, 5.74) is 0.788. The molecule has 0 aliphatic heterocycles. The third-order valence-electron chi connectivity index (χ3n) is 2.46. The summed E-state index contributed by atoms with van der Waals surface area (Å²) < 4.78 is 26.0. The minimum Gasteiger partial charge on any atom is -0.478 e. The zero-order valence-electron chi connectivity index (χ0n) is 9.73. The minimum absolute atomic E-state index is 0.0803. The molecule has 0 radical (unpaired) electrons. The first-order valence-electron chi connectivity index (χ1n) is 5.43. The fourth-order valence-electron chi connectivity index (χ4n) is 1.47. The number of benzene rings is 1. The van der Waals surface area contributed by atoms with E-state index in [0.29, 0.717) is 5.69 Å². The Morgan fingerprint density at radius 1 is 1.26 bits per heavy atom. The largest absolute Gasteiger partial charge is 0.478 e. The summed E-state index contributed by atoms with van der Waals surface area (Å²) in [7, 11) is 0. The van der Waals surface area contributed by atoms with Crippen LogP contribution in [-0.2, 0) is 6.54 Å². The van der Waals surface area contributed by atoms with Crippen LogP contribution in [0.4, 0.5) is 14.5 Å². The van der Waals surface area contributed by atoms with Gasteiger partial charge in [-0.2, -0.15) is 0 Å². The Labute approximate surface area is 107 Å². The first kappa shape index (κ1) is 12.9. The normalized spacial score (nSPS) is 10.2. The fourth-order valence-corrected chi connectivity index (χ4v) is 1.47. The molecule has 0 aliphatic carbocycles. The first-order chi connectivity index (χ1) is 9.06. The van der Waals surface area contributed by atoms with Gasteiger partial charge in [0, 0.05) is 12.3 Å². The lowest BCUT2D eigenvalue weighted by Crippen LogP contribution is -2.05. The van der Waals surface area contributed by atoms with Crippen molar-refractivity contribution in [2.24, 2.45) is 0 Å². The van der Waals surface area contributed by atoms with Crippen LogP contribution in [0.15, 0.2) is 36.5 Å². The number of carboxylic acid groups (broad SMARTS) is 1. The van der Waals surface area contributed by atoms with Gasteiger partial charge < -0.3 is 10.4 Å². The van der Waals surface area contributed by atoms with Gasteiger partial charge in [0.05, 0.1) is 23.5 Å². The Bertz CT molecular complexity index is 600. The molecule has 2 rings (SSSR count). The molecule has 0 saturated heterocycles. The molecule has 0 aliphatic rings. The zero-order valence-corrected chi connectivity index (χ0v) is 9.73. The third-order valence-corrected chi connectivity index (χ3v) is 2.46. The Kier molecular flexibility index (Phi) is 3.70. The number of nitrogens with one attached hydrogen (secondary N) is 1. The Morgan fingerprint density at radius 3 is 2.63 bits per heavy atom. The second-order valence-corrected chi connectivity index (χ2v) is 3.82. The first-order valence-corrected chi connectivity index (χ1v) is 5.43. The van der Waals surface area contributed by atoms with Crippen molar-refractivity contribution >= 4 is 11.7 Å². The fraction of sp³-hybridized carbons (Fsp3) is 0.0769. The van der Waals surface area contributed by atoms with Crippen LogP contribution >= 0.6 is 0 Å². The number of anilines is 1. The van der Waals surface area contributed by atoms with Gasteiger partial charge in [-0.15, -0.1) is 0 Å². The quantitative estimate of drug-likeness (QED) is 0.891. The summed E-state index contributed by atoms with van der Waals surface area (Å²) in [6.45, 7) is 0.211. The summed E-state index contributed by atoms with van der Waals surface area (Å²) >= 11 is 0. The summed E-state index contributed by atoms with van der Waals surface area (Å²) in [4.78, 5) is 14.5. The highest BCUT2D eigenvalue weighted by Gasteiger charge is 2.05. The number of hydrogen-bond donors (Lipinski definition) is 2. The van der Waals surface area contributed by atoms with E-state index in [1.165, 1.54) is 24.4 Å². The second kappa shape index (κ2) is 5.43. The van der Waals surface area contributed by atoms with Crippen molar-refractivity contribution in [2.45, 2.75) is 6.54 Å². The average molecular weight is 264 g/mol. The molecule has 6 heteroatoms. The van der Waals surface area contributed by atoms with Crippen LogP contribution in [0.2, 0.25) is 0 Å². The van der Waals surface area contributed by atoms with Crippen LogP contribution in [0.5, 0.6) is 0 Å². The smallest absolute Gasteiger partial charge is 0.337 e. The number of aromatic nitrogens is 1. The van der Waals surface area contributed by atoms with Crippen molar-refractivity contribution in [3.05, 3.63) is 59.4 Å². The van der Waals surface area contributed by atoms with Crippen molar-refractivity contribution in [2.75, 3.05) is 5.32 Å². The van der Waals surface area contributed by atoms with Gasteiger partial charge in [0.25, 0.3) is 0 Å². The van der Waals surface area contributed by atoms with Crippen LogP contribution in [0.1, 0.15) is 16.1 Å². The number of rotatable bonds is 4. The topological polar surface area (TPSA) is 62.2 Å². The zero-order chi connectivity index (χ0) is 13.8. The van der Waals surface area contributed by atoms with Gasteiger partial charge in [-0.05, 0) is 24.3 Å². The van der Waals surface area contributed by atoms with Crippen molar-refractivity contribution in [1.29, 1.82) is 0 Å². The number of nitrogens with zero attached hydrogens (tertiary/aromatic N) is 1. The Morgan fingerprint density at radius 2 is 2.05 bits per heavy atom. The van der Waals surface area contributed by atoms with Crippen LogP contribution in [0, 0.1) is 11.6 Å². The summed E-state index contributed by atoms with van der Waals surface area (Å²) in [5, 5.41) is 11.5. The van der Waals surface area contributed by atoms with Crippen molar-refractivity contribution < 1.29 is 18.7 Å². The van der Waals surface area contributed by atoms with Crippen LogP contribution < -0.4 is 5.32 Å². The maximum absolute atomic E-state index is 13.3. The number of aromatic carboxylic acids is 1. The molecule has 4 nitrogen and oxygen atoms in total. The monoisotopic (exact) mass is 264 g/mol. The molecule has 2 aromatic rings. The van der Waals surface area contributed by atoms with Gasteiger partial charge in [-0.3, -0.25) is 4.98 Å². The van der Waals surface area contributed by atoms with Crippen LogP contribution in [0.3, 0.4) is 0 Å². The van der Waals surface area contributed by atoms with E-state index < -0.39 is 17.6 Å². The van der Waals surface area contributed by atoms with Crippen molar-refractivity contribution in [3.63, 3.8) is 0 Å². The maximum Gasteiger partial charge on any atom is 0.337 e. The molecular formula is C13H10F2N2O2. The molecule has 0 fully saturated rings.